The molecule has 1 saturated heterocycles. The van der Waals surface area contributed by atoms with Crippen LogP contribution < -0.4 is 0 Å². The Bertz CT molecular complexity index is 388. The Morgan fingerprint density at radius 1 is 1.32 bits per heavy atom. The SMILES string of the molecule is CC(CN1CCOCC1)C(=O)OCc1ccccc1. The summed E-state index contributed by atoms with van der Waals surface area (Å²) in [5, 5.41) is 0. The Morgan fingerprint density at radius 3 is 2.68 bits per heavy atom. The van der Waals surface area contributed by atoms with Crippen LogP contribution in [0.4, 0.5) is 0 Å². The highest BCUT2D eigenvalue weighted by Crippen LogP contribution is 2.08. The van der Waals surface area contributed by atoms with Gasteiger partial charge >= 0.3 is 5.97 Å². The fourth-order valence-corrected chi connectivity index (χ4v) is 2.12. The summed E-state index contributed by atoms with van der Waals surface area (Å²) in [5.74, 6) is -0.225. The fraction of sp³-hybridized carbons (Fsp3) is 0.533. The van der Waals surface area contributed by atoms with E-state index >= 15 is 0 Å². The first-order chi connectivity index (χ1) is 9.25. The number of ether oxygens (including phenoxy) is 2. The minimum absolute atomic E-state index is 0.0955. The summed E-state index contributed by atoms with van der Waals surface area (Å²) in [4.78, 5) is 14.2. The van der Waals surface area contributed by atoms with E-state index in [-0.39, 0.29) is 11.9 Å². The number of hydrogen-bond acceptors (Lipinski definition) is 4. The molecule has 1 aliphatic heterocycles. The van der Waals surface area contributed by atoms with Gasteiger partial charge in [-0.1, -0.05) is 37.3 Å². The first-order valence-electron chi connectivity index (χ1n) is 6.76. The molecule has 104 valence electrons. The van der Waals surface area contributed by atoms with E-state index in [0.717, 1.165) is 38.4 Å². The Hall–Kier alpha value is -1.39. The lowest BCUT2D eigenvalue weighted by atomic mass is 10.1. The predicted molar refractivity (Wildman–Crippen MR) is 72.7 cm³/mol. The smallest absolute Gasteiger partial charge is 0.310 e. The van der Waals surface area contributed by atoms with Crippen LogP contribution in [0.2, 0.25) is 0 Å². The summed E-state index contributed by atoms with van der Waals surface area (Å²) in [6, 6.07) is 9.76. The molecular formula is C15H21NO3. The monoisotopic (exact) mass is 263 g/mol. The number of hydrogen-bond donors (Lipinski definition) is 0. The van der Waals surface area contributed by atoms with E-state index in [2.05, 4.69) is 4.90 Å². The molecule has 0 radical (unpaired) electrons. The summed E-state index contributed by atoms with van der Waals surface area (Å²) in [7, 11) is 0. The zero-order chi connectivity index (χ0) is 13.5. The minimum Gasteiger partial charge on any atom is -0.461 e. The molecule has 1 aromatic rings. The number of carbonyl (C=O) groups is 1. The van der Waals surface area contributed by atoms with Crippen LogP contribution >= 0.6 is 0 Å². The molecule has 19 heavy (non-hydrogen) atoms. The van der Waals surface area contributed by atoms with Crippen LogP contribution in [0.1, 0.15) is 12.5 Å². The highest BCUT2D eigenvalue weighted by molar-refractivity contribution is 5.72. The van der Waals surface area contributed by atoms with Crippen LogP contribution in [0.5, 0.6) is 0 Å². The van der Waals surface area contributed by atoms with E-state index in [1.54, 1.807) is 0 Å². The molecule has 4 nitrogen and oxygen atoms in total. The van der Waals surface area contributed by atoms with Crippen molar-refractivity contribution in [2.24, 2.45) is 5.92 Å². The van der Waals surface area contributed by atoms with Gasteiger partial charge in [0.15, 0.2) is 0 Å². The quantitative estimate of drug-likeness (QED) is 0.758. The Kier molecular flexibility index (Phi) is 5.36. The van der Waals surface area contributed by atoms with Crippen molar-refractivity contribution < 1.29 is 14.3 Å². The van der Waals surface area contributed by atoms with Crippen LogP contribution in [-0.4, -0.2) is 43.7 Å². The molecule has 1 atom stereocenters. The third-order valence-electron chi connectivity index (χ3n) is 3.26. The molecule has 0 spiro atoms. The lowest BCUT2D eigenvalue weighted by Gasteiger charge is -2.28. The van der Waals surface area contributed by atoms with Gasteiger partial charge in [0, 0.05) is 19.6 Å². The Labute approximate surface area is 114 Å². The fourth-order valence-electron chi connectivity index (χ4n) is 2.12. The van der Waals surface area contributed by atoms with E-state index < -0.39 is 0 Å². The molecular weight excluding hydrogens is 242 g/mol. The number of benzene rings is 1. The van der Waals surface area contributed by atoms with Crippen molar-refractivity contribution in [2.75, 3.05) is 32.8 Å². The van der Waals surface area contributed by atoms with Crippen molar-refractivity contribution in [1.29, 1.82) is 0 Å². The van der Waals surface area contributed by atoms with Gasteiger partial charge in [0.05, 0.1) is 19.1 Å². The molecule has 0 amide bonds. The molecule has 0 saturated carbocycles. The molecule has 4 heteroatoms. The third-order valence-corrected chi connectivity index (χ3v) is 3.26. The maximum absolute atomic E-state index is 11.9. The Morgan fingerprint density at radius 2 is 2.00 bits per heavy atom. The molecule has 0 bridgehead atoms. The van der Waals surface area contributed by atoms with Crippen LogP contribution in [0.15, 0.2) is 30.3 Å². The van der Waals surface area contributed by atoms with Gasteiger partial charge in [-0.15, -0.1) is 0 Å². The van der Waals surface area contributed by atoms with Gasteiger partial charge in [-0.2, -0.15) is 0 Å². The Balaban J connectivity index is 1.72. The van der Waals surface area contributed by atoms with Gasteiger partial charge in [0.25, 0.3) is 0 Å². The van der Waals surface area contributed by atoms with Gasteiger partial charge in [0.2, 0.25) is 0 Å². The minimum atomic E-state index is -0.129. The third kappa shape index (κ3) is 4.65. The molecule has 0 aromatic heterocycles. The van der Waals surface area contributed by atoms with E-state index in [1.807, 2.05) is 37.3 Å². The van der Waals surface area contributed by atoms with Crippen molar-refractivity contribution in [3.8, 4) is 0 Å². The number of carbonyl (C=O) groups excluding carboxylic acids is 1. The second kappa shape index (κ2) is 7.26. The molecule has 0 aliphatic carbocycles. The topological polar surface area (TPSA) is 38.8 Å². The maximum atomic E-state index is 11.9. The second-order valence-electron chi connectivity index (χ2n) is 4.91. The van der Waals surface area contributed by atoms with Gasteiger partial charge in [0.1, 0.15) is 6.61 Å². The average Bonchev–Trinajstić information content (AvgIpc) is 2.47. The normalized spacial score (nSPS) is 17.9. The first-order valence-corrected chi connectivity index (χ1v) is 6.76. The van der Waals surface area contributed by atoms with Gasteiger partial charge < -0.3 is 9.47 Å². The molecule has 0 N–H and O–H groups in total. The zero-order valence-electron chi connectivity index (χ0n) is 11.4. The van der Waals surface area contributed by atoms with Crippen molar-refractivity contribution in [1.82, 2.24) is 4.90 Å². The van der Waals surface area contributed by atoms with Gasteiger partial charge in [-0.3, -0.25) is 9.69 Å². The first kappa shape index (κ1) is 14.0. The van der Waals surface area contributed by atoms with E-state index in [0.29, 0.717) is 6.61 Å². The summed E-state index contributed by atoms with van der Waals surface area (Å²) < 4.78 is 10.6. The number of morpholine rings is 1. The molecule has 1 heterocycles. The predicted octanol–water partition coefficient (Wildman–Crippen LogP) is 1.70. The average molecular weight is 263 g/mol. The summed E-state index contributed by atoms with van der Waals surface area (Å²) in [6.07, 6.45) is 0. The standard InChI is InChI=1S/C15H21NO3/c1-13(11-16-7-9-18-10-8-16)15(17)19-12-14-5-3-2-4-6-14/h2-6,13H,7-12H2,1H3. The highest BCUT2D eigenvalue weighted by Gasteiger charge is 2.20. The van der Waals surface area contributed by atoms with Crippen LogP contribution in [-0.2, 0) is 20.9 Å². The molecule has 1 fully saturated rings. The van der Waals surface area contributed by atoms with Crippen LogP contribution in [0.25, 0.3) is 0 Å². The van der Waals surface area contributed by atoms with Gasteiger partial charge in [-0.05, 0) is 5.56 Å². The number of rotatable bonds is 5. The van der Waals surface area contributed by atoms with Crippen molar-refractivity contribution >= 4 is 5.97 Å². The molecule has 1 aromatic carbocycles. The number of esters is 1. The van der Waals surface area contributed by atoms with E-state index in [9.17, 15) is 4.79 Å². The van der Waals surface area contributed by atoms with Crippen molar-refractivity contribution in [2.45, 2.75) is 13.5 Å². The van der Waals surface area contributed by atoms with Crippen LogP contribution in [0.3, 0.4) is 0 Å². The maximum Gasteiger partial charge on any atom is 0.310 e. The number of nitrogens with zero attached hydrogens (tertiary/aromatic N) is 1. The summed E-state index contributed by atoms with van der Waals surface area (Å²) in [6.45, 7) is 6.33. The van der Waals surface area contributed by atoms with Crippen molar-refractivity contribution in [3.05, 3.63) is 35.9 Å². The zero-order valence-corrected chi connectivity index (χ0v) is 11.4. The second-order valence-corrected chi connectivity index (χ2v) is 4.91. The highest BCUT2D eigenvalue weighted by atomic mass is 16.5. The van der Waals surface area contributed by atoms with E-state index in [1.165, 1.54) is 0 Å². The van der Waals surface area contributed by atoms with Crippen LogP contribution in [0, 0.1) is 5.92 Å². The van der Waals surface area contributed by atoms with E-state index in [4.69, 9.17) is 9.47 Å². The van der Waals surface area contributed by atoms with Gasteiger partial charge in [-0.25, -0.2) is 0 Å². The lowest BCUT2D eigenvalue weighted by molar-refractivity contribution is -0.150. The summed E-state index contributed by atoms with van der Waals surface area (Å²) in [5.41, 5.74) is 1.02. The molecule has 1 aliphatic rings. The lowest BCUT2D eigenvalue weighted by Crippen LogP contribution is -2.40. The summed E-state index contributed by atoms with van der Waals surface area (Å²) >= 11 is 0. The molecule has 1 unspecified atom stereocenters. The largest absolute Gasteiger partial charge is 0.461 e. The molecule has 2 rings (SSSR count). The van der Waals surface area contributed by atoms with Crippen molar-refractivity contribution in [3.63, 3.8) is 0 Å².